The number of anilines is 1. The lowest BCUT2D eigenvalue weighted by Crippen LogP contribution is -2.68. The van der Waals surface area contributed by atoms with E-state index in [9.17, 15) is 0 Å². The Hall–Kier alpha value is -3.58. The summed E-state index contributed by atoms with van der Waals surface area (Å²) in [4.78, 5) is 19.4. The first-order chi connectivity index (χ1) is 17.0. The Morgan fingerprint density at radius 2 is 1.71 bits per heavy atom. The van der Waals surface area contributed by atoms with Crippen molar-refractivity contribution in [3.05, 3.63) is 88.6 Å². The highest BCUT2D eigenvalue weighted by Crippen LogP contribution is 2.35. The highest BCUT2D eigenvalue weighted by atomic mass is 15.4. The molecular weight excluding hydrogens is 434 g/mol. The van der Waals surface area contributed by atoms with Gasteiger partial charge in [-0.15, -0.1) is 0 Å². The quantitative estimate of drug-likeness (QED) is 0.459. The van der Waals surface area contributed by atoms with E-state index in [1.165, 1.54) is 17.5 Å². The molecule has 3 fully saturated rings. The van der Waals surface area contributed by atoms with Crippen molar-refractivity contribution < 1.29 is 0 Å². The Kier molecular flexibility index (Phi) is 5.57. The predicted molar refractivity (Wildman–Crippen MR) is 137 cm³/mol. The molecule has 7 nitrogen and oxygen atoms in total. The van der Waals surface area contributed by atoms with E-state index in [1.807, 2.05) is 26.1 Å². The van der Waals surface area contributed by atoms with E-state index in [2.05, 4.69) is 74.4 Å². The molecule has 1 N–H and O–H groups in total. The molecule has 0 radical (unpaired) electrons. The third-order valence-electron chi connectivity index (χ3n) is 7.19. The molecule has 0 amide bonds. The number of nitrogens with zero attached hydrogens (tertiary/aromatic N) is 6. The molecule has 3 aromatic heterocycles. The zero-order valence-electron chi connectivity index (χ0n) is 20.6. The minimum atomic E-state index is 0.602. The molecule has 2 atom stereocenters. The van der Waals surface area contributed by atoms with Gasteiger partial charge in [-0.25, -0.2) is 15.0 Å². The van der Waals surface area contributed by atoms with Gasteiger partial charge in [-0.3, -0.25) is 10.00 Å². The second-order valence-corrected chi connectivity index (χ2v) is 10.1. The molecular formula is C28H31N7. The van der Waals surface area contributed by atoms with Gasteiger partial charge in [-0.05, 0) is 57.0 Å². The fourth-order valence-corrected chi connectivity index (χ4v) is 5.35. The van der Waals surface area contributed by atoms with Gasteiger partial charge in [-0.1, -0.05) is 29.8 Å². The van der Waals surface area contributed by atoms with Crippen molar-refractivity contribution in [2.45, 2.75) is 52.2 Å². The van der Waals surface area contributed by atoms with E-state index in [-0.39, 0.29) is 0 Å². The van der Waals surface area contributed by atoms with Crippen molar-refractivity contribution in [1.29, 1.82) is 0 Å². The number of aromatic amines is 1. The molecule has 3 aliphatic heterocycles. The minimum Gasteiger partial charge on any atom is -0.353 e. The molecule has 3 saturated heterocycles. The van der Waals surface area contributed by atoms with Crippen LogP contribution in [0.5, 0.6) is 0 Å². The first kappa shape index (κ1) is 21.9. The van der Waals surface area contributed by atoms with Crippen LogP contribution in [-0.4, -0.2) is 55.2 Å². The predicted octanol–water partition coefficient (Wildman–Crippen LogP) is 4.24. The average Bonchev–Trinajstić information content (AvgIpc) is 3.27. The monoisotopic (exact) mass is 465 g/mol. The van der Waals surface area contributed by atoms with E-state index in [1.54, 1.807) is 0 Å². The first-order valence-corrected chi connectivity index (χ1v) is 12.4. The number of pyridine rings is 1. The molecule has 2 unspecified atom stereocenters. The van der Waals surface area contributed by atoms with Crippen LogP contribution in [-0.2, 0) is 13.0 Å². The third kappa shape index (κ3) is 4.56. The topological polar surface area (TPSA) is 73.8 Å². The number of rotatable bonds is 6. The van der Waals surface area contributed by atoms with Crippen molar-refractivity contribution in [2.75, 3.05) is 18.0 Å². The fraction of sp³-hybridized carbons (Fsp3) is 0.357. The molecule has 6 heterocycles. The highest BCUT2D eigenvalue weighted by molar-refractivity contribution is 5.57. The second-order valence-electron chi connectivity index (χ2n) is 10.1. The van der Waals surface area contributed by atoms with Crippen LogP contribution in [0.1, 0.15) is 40.3 Å². The molecule has 0 saturated carbocycles. The van der Waals surface area contributed by atoms with Gasteiger partial charge in [0, 0.05) is 61.3 Å². The summed E-state index contributed by atoms with van der Waals surface area (Å²) in [6.07, 6.45) is 3.88. The van der Waals surface area contributed by atoms with Gasteiger partial charge >= 0.3 is 0 Å². The number of piperazine rings is 1. The molecule has 0 spiro atoms. The number of aryl methyl sites for hydroxylation is 3. The number of benzene rings is 1. The van der Waals surface area contributed by atoms with E-state index < -0.39 is 0 Å². The summed E-state index contributed by atoms with van der Waals surface area (Å²) in [6.45, 7) is 9.26. The lowest BCUT2D eigenvalue weighted by atomic mass is 9.86. The highest BCUT2D eigenvalue weighted by Gasteiger charge is 2.44. The Labute approximate surface area is 206 Å². The van der Waals surface area contributed by atoms with Crippen molar-refractivity contribution in [3.8, 4) is 11.4 Å². The van der Waals surface area contributed by atoms with Crippen LogP contribution in [0.3, 0.4) is 0 Å². The number of piperidine rings is 1. The maximum absolute atomic E-state index is 4.81. The summed E-state index contributed by atoms with van der Waals surface area (Å²) in [7, 11) is 0. The second kappa shape index (κ2) is 8.89. The number of H-pyrrole nitrogens is 1. The van der Waals surface area contributed by atoms with Crippen molar-refractivity contribution in [2.24, 2.45) is 0 Å². The summed E-state index contributed by atoms with van der Waals surface area (Å²) in [6, 6.07) is 18.4. The Balaban J connectivity index is 1.13. The number of aromatic nitrogens is 5. The minimum absolute atomic E-state index is 0.602. The van der Waals surface area contributed by atoms with Crippen LogP contribution in [0.25, 0.3) is 11.4 Å². The lowest BCUT2D eigenvalue weighted by Gasteiger charge is -2.56. The normalized spacial score (nSPS) is 19.6. The molecule has 7 heteroatoms. The van der Waals surface area contributed by atoms with Gasteiger partial charge in [0.15, 0.2) is 5.82 Å². The zero-order valence-corrected chi connectivity index (χ0v) is 20.6. The fourth-order valence-electron chi connectivity index (χ4n) is 5.35. The summed E-state index contributed by atoms with van der Waals surface area (Å²) in [5.41, 5.74) is 7.62. The van der Waals surface area contributed by atoms with Gasteiger partial charge < -0.3 is 4.90 Å². The van der Waals surface area contributed by atoms with E-state index in [0.717, 1.165) is 59.6 Å². The van der Waals surface area contributed by atoms with Crippen LogP contribution in [0.4, 0.5) is 5.82 Å². The Morgan fingerprint density at radius 3 is 2.40 bits per heavy atom. The largest absolute Gasteiger partial charge is 0.353 e. The van der Waals surface area contributed by atoms with Gasteiger partial charge in [0.1, 0.15) is 5.82 Å². The summed E-state index contributed by atoms with van der Waals surface area (Å²) < 4.78 is 0. The van der Waals surface area contributed by atoms with Crippen molar-refractivity contribution in [3.63, 3.8) is 0 Å². The van der Waals surface area contributed by atoms with Crippen LogP contribution in [0.2, 0.25) is 0 Å². The number of hydrogen-bond acceptors (Lipinski definition) is 6. The van der Waals surface area contributed by atoms with Crippen molar-refractivity contribution in [1.82, 2.24) is 30.0 Å². The van der Waals surface area contributed by atoms with Gasteiger partial charge in [0.2, 0.25) is 0 Å². The Bertz CT molecular complexity index is 1310. The molecule has 2 bridgehead atoms. The van der Waals surface area contributed by atoms with Crippen LogP contribution in [0.15, 0.2) is 54.7 Å². The van der Waals surface area contributed by atoms with Gasteiger partial charge in [0.05, 0.1) is 11.4 Å². The van der Waals surface area contributed by atoms with E-state index >= 15 is 0 Å². The summed E-state index contributed by atoms with van der Waals surface area (Å²) in [5.74, 6) is 1.76. The molecule has 178 valence electrons. The zero-order chi connectivity index (χ0) is 23.9. The summed E-state index contributed by atoms with van der Waals surface area (Å²) >= 11 is 0. The molecule has 35 heavy (non-hydrogen) atoms. The molecule has 7 rings (SSSR count). The summed E-state index contributed by atoms with van der Waals surface area (Å²) in [5, 5.41) is 7.34. The molecule has 4 aromatic rings. The number of fused-ring (bicyclic) bond motifs is 2. The van der Waals surface area contributed by atoms with Crippen LogP contribution < -0.4 is 4.90 Å². The van der Waals surface area contributed by atoms with Crippen LogP contribution >= 0.6 is 0 Å². The van der Waals surface area contributed by atoms with E-state index in [4.69, 9.17) is 9.97 Å². The smallest absolute Gasteiger partial charge is 0.161 e. The van der Waals surface area contributed by atoms with Crippen molar-refractivity contribution >= 4 is 5.82 Å². The Morgan fingerprint density at radius 1 is 0.914 bits per heavy atom. The molecule has 0 aliphatic carbocycles. The lowest BCUT2D eigenvalue weighted by molar-refractivity contribution is -0.00868. The standard InChI is InChI=1S/C28H31N7/c1-18-4-6-21(7-5-18)15-35-25-13-26(35)17-34(16-25)27-9-8-22(14-29-27)28-30-19(2)10-23(31-28)12-24-11-20(3)32-33-24/h4-11,14,25-26H,12-13,15-17H2,1-3H3,(H,32,33). The van der Waals surface area contributed by atoms with Gasteiger partial charge in [-0.2, -0.15) is 5.10 Å². The number of nitrogens with one attached hydrogen (secondary N) is 1. The van der Waals surface area contributed by atoms with E-state index in [0.29, 0.717) is 18.5 Å². The first-order valence-electron chi connectivity index (χ1n) is 12.4. The molecule has 3 aliphatic rings. The van der Waals surface area contributed by atoms with Crippen LogP contribution in [0, 0.1) is 20.8 Å². The third-order valence-corrected chi connectivity index (χ3v) is 7.19. The molecule has 1 aromatic carbocycles. The maximum Gasteiger partial charge on any atom is 0.161 e. The SMILES string of the molecule is Cc1ccc(CN2C3CC2CN(c2ccc(-c4nc(C)cc(Cc5cc(C)[nH]n5)n4)cn2)C3)cc1. The maximum atomic E-state index is 4.81. The van der Waals surface area contributed by atoms with Gasteiger partial charge in [0.25, 0.3) is 0 Å². The average molecular weight is 466 g/mol. The number of hydrogen-bond donors (Lipinski definition) is 1.